The van der Waals surface area contributed by atoms with Gasteiger partial charge in [0.2, 0.25) is 10.0 Å². The first-order valence-electron chi connectivity index (χ1n) is 5.20. The van der Waals surface area contributed by atoms with Crippen LogP contribution in [0.4, 0.5) is 5.69 Å². The highest BCUT2D eigenvalue weighted by molar-refractivity contribution is 7.89. The third-order valence-corrected chi connectivity index (χ3v) is 3.76. The van der Waals surface area contributed by atoms with Gasteiger partial charge in [0.15, 0.2) is 0 Å². The number of anilines is 1. The van der Waals surface area contributed by atoms with Gasteiger partial charge in [0.25, 0.3) is 0 Å². The van der Waals surface area contributed by atoms with Gasteiger partial charge in [0, 0.05) is 11.2 Å². The Hall–Kier alpha value is -1.60. The van der Waals surface area contributed by atoms with Gasteiger partial charge in [0.05, 0.1) is 10.5 Å². The summed E-state index contributed by atoms with van der Waals surface area (Å²) in [6, 6.07) is 3.66. The lowest BCUT2D eigenvalue weighted by molar-refractivity contribution is 0.0692. The van der Waals surface area contributed by atoms with E-state index in [1.807, 2.05) is 0 Å². The number of nitrogen functional groups attached to an aromatic ring is 1. The second-order valence-corrected chi connectivity index (χ2v) is 6.57. The Kier molecular flexibility index (Phi) is 3.68. The Morgan fingerprint density at radius 1 is 1.33 bits per heavy atom. The van der Waals surface area contributed by atoms with Crippen LogP contribution in [0.25, 0.3) is 0 Å². The topological polar surface area (TPSA) is 109 Å². The van der Waals surface area contributed by atoms with E-state index in [4.69, 9.17) is 10.8 Å². The van der Waals surface area contributed by atoms with E-state index >= 15 is 0 Å². The number of benzene rings is 1. The SMILES string of the molecule is CC(C)(C)NS(=O)(=O)c1cc(N)ccc1C(=O)O. The summed E-state index contributed by atoms with van der Waals surface area (Å²) in [5, 5.41) is 8.99. The number of nitrogens with two attached hydrogens (primary N) is 1. The molecule has 0 atom stereocenters. The molecule has 1 aromatic carbocycles. The van der Waals surface area contributed by atoms with Crippen molar-refractivity contribution in [2.75, 3.05) is 5.73 Å². The van der Waals surface area contributed by atoms with Crippen LogP contribution in [-0.2, 0) is 10.0 Å². The minimum Gasteiger partial charge on any atom is -0.478 e. The number of hydrogen-bond donors (Lipinski definition) is 3. The molecule has 0 saturated carbocycles. The second kappa shape index (κ2) is 4.58. The van der Waals surface area contributed by atoms with Gasteiger partial charge in [-0.05, 0) is 39.0 Å². The van der Waals surface area contributed by atoms with Crippen molar-refractivity contribution in [1.29, 1.82) is 0 Å². The molecule has 1 aromatic rings. The number of rotatable bonds is 3. The van der Waals surface area contributed by atoms with E-state index in [0.717, 1.165) is 6.07 Å². The van der Waals surface area contributed by atoms with Crippen LogP contribution in [0.2, 0.25) is 0 Å². The molecule has 4 N–H and O–H groups in total. The molecule has 0 bridgehead atoms. The Labute approximate surface area is 106 Å². The summed E-state index contributed by atoms with van der Waals surface area (Å²) in [5.41, 5.74) is 4.68. The van der Waals surface area contributed by atoms with Crippen LogP contribution in [0.1, 0.15) is 31.1 Å². The normalized spacial score (nSPS) is 12.4. The van der Waals surface area contributed by atoms with Crippen molar-refractivity contribution in [3.63, 3.8) is 0 Å². The maximum absolute atomic E-state index is 12.1. The lowest BCUT2D eigenvalue weighted by atomic mass is 10.1. The summed E-state index contributed by atoms with van der Waals surface area (Å²) in [7, 11) is -3.93. The second-order valence-electron chi connectivity index (χ2n) is 4.92. The Bertz CT molecular complexity index is 573. The van der Waals surface area contributed by atoms with Crippen LogP contribution in [0, 0.1) is 0 Å². The third-order valence-electron chi connectivity index (χ3n) is 1.97. The average Bonchev–Trinajstić information content (AvgIpc) is 2.13. The average molecular weight is 272 g/mol. The molecule has 18 heavy (non-hydrogen) atoms. The van der Waals surface area contributed by atoms with Gasteiger partial charge in [-0.2, -0.15) is 0 Å². The molecule has 0 saturated heterocycles. The fourth-order valence-electron chi connectivity index (χ4n) is 1.40. The van der Waals surface area contributed by atoms with Gasteiger partial charge >= 0.3 is 5.97 Å². The lowest BCUT2D eigenvalue weighted by Crippen LogP contribution is -2.41. The smallest absolute Gasteiger partial charge is 0.337 e. The fourth-order valence-corrected chi connectivity index (χ4v) is 3.05. The van der Waals surface area contributed by atoms with Gasteiger partial charge < -0.3 is 10.8 Å². The van der Waals surface area contributed by atoms with E-state index in [2.05, 4.69) is 4.72 Å². The van der Waals surface area contributed by atoms with Gasteiger partial charge in [0.1, 0.15) is 0 Å². The van der Waals surface area contributed by atoms with Crippen molar-refractivity contribution >= 4 is 21.7 Å². The number of hydrogen-bond acceptors (Lipinski definition) is 4. The van der Waals surface area contributed by atoms with E-state index in [-0.39, 0.29) is 16.1 Å². The molecule has 100 valence electrons. The lowest BCUT2D eigenvalue weighted by Gasteiger charge is -2.21. The minimum absolute atomic E-state index is 0.189. The zero-order valence-corrected chi connectivity index (χ0v) is 11.2. The number of carboxylic acids is 1. The highest BCUT2D eigenvalue weighted by atomic mass is 32.2. The van der Waals surface area contributed by atoms with Crippen molar-refractivity contribution in [2.45, 2.75) is 31.2 Å². The predicted octanol–water partition coefficient (Wildman–Crippen LogP) is 1.04. The van der Waals surface area contributed by atoms with E-state index < -0.39 is 21.5 Å². The molecule has 7 heteroatoms. The summed E-state index contributed by atoms with van der Waals surface area (Å²) in [6.07, 6.45) is 0. The highest BCUT2D eigenvalue weighted by Crippen LogP contribution is 2.20. The summed E-state index contributed by atoms with van der Waals surface area (Å²) in [4.78, 5) is 10.7. The van der Waals surface area contributed by atoms with Crippen LogP contribution in [0.15, 0.2) is 23.1 Å². The number of aromatic carboxylic acids is 1. The largest absolute Gasteiger partial charge is 0.478 e. The van der Waals surface area contributed by atoms with Crippen LogP contribution in [-0.4, -0.2) is 25.0 Å². The van der Waals surface area contributed by atoms with Crippen molar-refractivity contribution < 1.29 is 18.3 Å². The van der Waals surface area contributed by atoms with Crippen LogP contribution >= 0.6 is 0 Å². The summed E-state index contributed by atoms with van der Waals surface area (Å²) < 4.78 is 26.6. The molecule has 0 heterocycles. The van der Waals surface area contributed by atoms with Crippen LogP contribution in [0.3, 0.4) is 0 Å². The minimum atomic E-state index is -3.93. The van der Waals surface area contributed by atoms with Gasteiger partial charge in [-0.3, -0.25) is 0 Å². The quantitative estimate of drug-likeness (QED) is 0.712. The summed E-state index contributed by atoms with van der Waals surface area (Å²) >= 11 is 0. The molecule has 0 aliphatic rings. The van der Waals surface area contributed by atoms with Crippen molar-refractivity contribution in [1.82, 2.24) is 4.72 Å². The van der Waals surface area contributed by atoms with Gasteiger partial charge in [-0.15, -0.1) is 0 Å². The number of carboxylic acid groups (broad SMARTS) is 1. The Morgan fingerprint density at radius 2 is 1.89 bits per heavy atom. The molecule has 0 radical (unpaired) electrons. The molecular formula is C11H16N2O4S. The van der Waals surface area contributed by atoms with Gasteiger partial charge in [-0.1, -0.05) is 0 Å². The monoisotopic (exact) mass is 272 g/mol. The molecule has 0 fully saturated rings. The molecule has 0 aromatic heterocycles. The van der Waals surface area contributed by atoms with Crippen molar-refractivity contribution in [2.24, 2.45) is 0 Å². The van der Waals surface area contributed by atoms with E-state index in [1.54, 1.807) is 20.8 Å². The number of carbonyl (C=O) groups is 1. The molecule has 1 rings (SSSR count). The molecule has 0 amide bonds. The molecule has 0 unspecified atom stereocenters. The van der Waals surface area contributed by atoms with Crippen molar-refractivity contribution in [3.05, 3.63) is 23.8 Å². The maximum atomic E-state index is 12.1. The van der Waals surface area contributed by atoms with Gasteiger partial charge in [-0.25, -0.2) is 17.9 Å². The summed E-state index contributed by atoms with van der Waals surface area (Å²) in [6.45, 7) is 4.99. The van der Waals surface area contributed by atoms with E-state index in [9.17, 15) is 13.2 Å². The summed E-state index contributed by atoms with van der Waals surface area (Å²) in [5.74, 6) is -1.32. The highest BCUT2D eigenvalue weighted by Gasteiger charge is 2.26. The predicted molar refractivity (Wildman–Crippen MR) is 67.9 cm³/mol. The molecule has 6 nitrogen and oxygen atoms in total. The first-order chi connectivity index (χ1) is 8.03. The molecular weight excluding hydrogens is 256 g/mol. The first-order valence-corrected chi connectivity index (χ1v) is 6.68. The number of nitrogens with one attached hydrogen (secondary N) is 1. The first kappa shape index (κ1) is 14.5. The van der Waals surface area contributed by atoms with Crippen LogP contribution < -0.4 is 10.5 Å². The Morgan fingerprint density at radius 3 is 2.33 bits per heavy atom. The van der Waals surface area contributed by atoms with E-state index in [0.29, 0.717) is 0 Å². The Balaban J connectivity index is 3.40. The molecule has 0 spiro atoms. The standard InChI is InChI=1S/C11H16N2O4S/c1-11(2,3)13-18(16,17)9-6-7(12)4-5-8(9)10(14)15/h4-6,13H,12H2,1-3H3,(H,14,15). The zero-order chi connectivity index (χ0) is 14.1. The van der Waals surface area contributed by atoms with E-state index in [1.165, 1.54) is 12.1 Å². The fraction of sp³-hybridized carbons (Fsp3) is 0.364. The van der Waals surface area contributed by atoms with Crippen molar-refractivity contribution in [3.8, 4) is 0 Å². The zero-order valence-electron chi connectivity index (χ0n) is 10.4. The maximum Gasteiger partial charge on any atom is 0.337 e. The third kappa shape index (κ3) is 3.44. The molecule has 0 aliphatic carbocycles. The van der Waals surface area contributed by atoms with Crippen LogP contribution in [0.5, 0.6) is 0 Å². The number of sulfonamides is 1. The molecule has 0 aliphatic heterocycles.